The van der Waals surface area contributed by atoms with Crippen molar-refractivity contribution in [3.8, 4) is 67.5 Å². The van der Waals surface area contributed by atoms with E-state index >= 15 is 0 Å². The lowest BCUT2D eigenvalue weighted by molar-refractivity contribution is 0.592. The van der Waals surface area contributed by atoms with E-state index in [9.17, 15) is 0 Å². The zero-order chi connectivity index (χ0) is 78.0. The van der Waals surface area contributed by atoms with Crippen molar-refractivity contribution in [3.63, 3.8) is 0 Å². The number of furan rings is 2. The van der Waals surface area contributed by atoms with Crippen molar-refractivity contribution in [1.29, 1.82) is 0 Å². The van der Waals surface area contributed by atoms with E-state index in [-0.39, 0.29) is 21.7 Å². The molecule has 0 N–H and O–H groups in total. The second kappa shape index (κ2) is 27.5. The first kappa shape index (κ1) is 71.4. The van der Waals surface area contributed by atoms with Crippen molar-refractivity contribution in [3.05, 3.63) is 402 Å². The molecule has 0 bridgehead atoms. The molecule has 7 heteroatoms. The zero-order valence-corrected chi connectivity index (χ0v) is 67.7. The van der Waals surface area contributed by atoms with Crippen molar-refractivity contribution in [2.24, 2.45) is 0 Å². The maximum atomic E-state index is 7.13. The monoisotopic (exact) mass is 1490 g/mol. The van der Waals surface area contributed by atoms with Gasteiger partial charge in [-0.25, -0.2) is 0 Å². The number of fused-ring (bicyclic) bond motifs is 14. The molecule has 0 saturated carbocycles. The van der Waals surface area contributed by atoms with E-state index in [0.717, 1.165) is 91.3 Å². The van der Waals surface area contributed by atoms with Gasteiger partial charge in [0.25, 0.3) is 0 Å². The third kappa shape index (κ3) is 11.7. The highest BCUT2D eigenvalue weighted by Crippen LogP contribution is 2.65. The van der Waals surface area contributed by atoms with Gasteiger partial charge in [-0.15, -0.1) is 0 Å². The number of anilines is 12. The Balaban J connectivity index is 0.000000153. The Morgan fingerprint density at radius 2 is 0.430 bits per heavy atom. The predicted octanol–water partition coefficient (Wildman–Crippen LogP) is 29.5. The van der Waals surface area contributed by atoms with Gasteiger partial charge in [0.2, 0.25) is 0 Å². The SMILES string of the molecule is CC1(C)c2cc(N(c3ccccc3)c3ccc([Si](C)(C)C)cc3)ccc2-c2oc3c(c21)C(C)(C)c1cc(N(c2ccccc2)c2ccccc2-c2ccccc2)ccc1-3.CC1(C)c2cc(N(c3ccccc3)c3ccccc3)ccc2-c2oc3c(c21)C(C)(C)c1cc(N(c2ccccc2)c2ccccc2-c2ccccc2)ccc1-3. The molecule has 20 rings (SSSR count). The summed E-state index contributed by atoms with van der Waals surface area (Å²) in [4.78, 5) is 9.54. The van der Waals surface area contributed by atoms with E-state index in [4.69, 9.17) is 8.83 Å². The second-order valence-electron chi connectivity index (χ2n) is 34.0. The van der Waals surface area contributed by atoms with E-state index in [1.165, 1.54) is 94.2 Å². The van der Waals surface area contributed by atoms with Gasteiger partial charge in [0, 0.05) is 134 Å². The van der Waals surface area contributed by atoms with Gasteiger partial charge in [-0.3, -0.25) is 0 Å². The molecule has 0 unspecified atom stereocenters. The van der Waals surface area contributed by atoms with Crippen LogP contribution in [0, 0.1) is 0 Å². The van der Waals surface area contributed by atoms with Crippen LogP contribution >= 0.6 is 0 Å². The minimum absolute atomic E-state index is 0.274. The molecule has 4 aliphatic rings. The highest BCUT2D eigenvalue weighted by atomic mass is 28.3. The smallest absolute Gasteiger partial charge is 0.139 e. The quantitative estimate of drug-likeness (QED) is 0.0953. The first-order chi connectivity index (χ1) is 55.2. The molecule has 0 amide bonds. The van der Waals surface area contributed by atoms with Crippen molar-refractivity contribution < 1.29 is 8.83 Å². The summed E-state index contributed by atoms with van der Waals surface area (Å²) in [6.45, 7) is 26.2. The van der Waals surface area contributed by atoms with Gasteiger partial charge in [-0.2, -0.15) is 0 Å². The number of hydrogen-bond donors (Lipinski definition) is 0. The molecule has 0 saturated heterocycles. The molecule has 4 aliphatic carbocycles. The van der Waals surface area contributed by atoms with E-state index in [1.807, 2.05) is 0 Å². The van der Waals surface area contributed by atoms with Gasteiger partial charge < -0.3 is 28.4 Å². The standard InChI is InChI=1S/C55H50N2OSi.C52H42N2O/c1-54(2)47-35-41(56(38-21-13-9-14-22-38)40-27-31-43(32-28-40)59(5,6)7)29-33-45(47)52-50(54)51-53(58-52)46-34-30-42(36-48(46)55(51,3)4)57(39-23-15-10-16-24-39)49-26-18-17-25-44(49)37-19-11-8-12-20-37;1-51(2)44-33-39(53(36-21-11-6-12-22-36)37-23-13-7-14-24-37)29-31-42(44)49-47(51)48-50(55-49)43-32-30-40(34-45(43)52(48,3)4)54(38-25-15-8-16-26-38)46-28-18-17-27-41(46)35-19-9-5-10-20-35/h8-36H,1-7H3;5-34H,1-4H3. The minimum atomic E-state index is -1.44. The summed E-state index contributed by atoms with van der Waals surface area (Å²) in [5.41, 5.74) is 32.3. The lowest BCUT2D eigenvalue weighted by Gasteiger charge is -2.31. The van der Waals surface area contributed by atoms with Gasteiger partial charge >= 0.3 is 0 Å². The zero-order valence-electron chi connectivity index (χ0n) is 66.7. The summed E-state index contributed by atoms with van der Waals surface area (Å²) < 4.78 is 14.2. The van der Waals surface area contributed by atoms with Crippen LogP contribution in [0.4, 0.5) is 68.2 Å². The third-order valence-electron chi connectivity index (χ3n) is 24.6. The van der Waals surface area contributed by atoms with Crippen molar-refractivity contribution >= 4 is 81.5 Å². The highest BCUT2D eigenvalue weighted by Gasteiger charge is 2.52. The van der Waals surface area contributed by atoms with Crippen LogP contribution < -0.4 is 24.8 Å². The average molecular weight is 1490 g/mol. The van der Waals surface area contributed by atoms with Gasteiger partial charge in [0.05, 0.1) is 19.4 Å². The second-order valence-corrected chi connectivity index (χ2v) is 39.1. The first-order valence-corrected chi connectivity index (χ1v) is 43.6. The normalized spacial score (nSPS) is 14.2. The topological polar surface area (TPSA) is 39.2 Å². The summed E-state index contributed by atoms with van der Waals surface area (Å²) in [7, 11) is -1.44. The Bertz CT molecular complexity index is 6280. The molecular formula is C107H92N4O2Si. The molecule has 0 aliphatic heterocycles. The molecule has 14 aromatic carbocycles. The number of hydrogen-bond acceptors (Lipinski definition) is 6. The number of benzene rings is 14. The number of nitrogens with zero attached hydrogens (tertiary/aromatic N) is 4. The van der Waals surface area contributed by atoms with E-state index in [0.29, 0.717) is 0 Å². The average Bonchev–Trinajstić information content (AvgIpc) is 1.52. The van der Waals surface area contributed by atoms with Crippen LogP contribution in [-0.4, -0.2) is 8.07 Å². The largest absolute Gasteiger partial charge is 0.455 e. The van der Waals surface area contributed by atoms with Crippen LogP contribution in [-0.2, 0) is 21.7 Å². The molecule has 0 atom stereocenters. The molecular weight excluding hydrogens is 1400 g/mol. The number of para-hydroxylation sites is 7. The van der Waals surface area contributed by atoms with Gasteiger partial charge in [0.15, 0.2) is 0 Å². The van der Waals surface area contributed by atoms with Crippen LogP contribution in [0.5, 0.6) is 0 Å². The highest BCUT2D eigenvalue weighted by molar-refractivity contribution is 6.88. The van der Waals surface area contributed by atoms with Gasteiger partial charge in [0.1, 0.15) is 23.0 Å². The molecule has 6 nitrogen and oxygen atoms in total. The van der Waals surface area contributed by atoms with Crippen molar-refractivity contribution in [2.45, 2.75) is 96.7 Å². The fraction of sp³-hybridized carbons (Fsp3) is 0.140. The fourth-order valence-electron chi connectivity index (χ4n) is 18.9. The molecule has 16 aromatic rings. The van der Waals surface area contributed by atoms with Crippen LogP contribution in [0.1, 0.15) is 99.9 Å². The molecule has 0 spiro atoms. The minimum Gasteiger partial charge on any atom is -0.455 e. The summed E-state index contributed by atoms with van der Waals surface area (Å²) in [6, 6.07) is 129. The van der Waals surface area contributed by atoms with Crippen LogP contribution in [0.25, 0.3) is 67.5 Å². The third-order valence-corrected chi connectivity index (χ3v) is 26.6. The number of rotatable bonds is 15. The lowest BCUT2D eigenvalue weighted by atomic mass is 9.74. The summed E-state index contributed by atoms with van der Waals surface area (Å²) in [6.07, 6.45) is 0. The Labute approximate surface area is 672 Å². The fourth-order valence-corrected chi connectivity index (χ4v) is 20.1. The molecule has 114 heavy (non-hydrogen) atoms. The van der Waals surface area contributed by atoms with E-state index in [2.05, 4.69) is 453 Å². The molecule has 0 radical (unpaired) electrons. The van der Waals surface area contributed by atoms with Crippen LogP contribution in [0.3, 0.4) is 0 Å². The Kier molecular flexibility index (Phi) is 17.2. The maximum Gasteiger partial charge on any atom is 0.139 e. The Morgan fingerprint density at radius 3 is 0.702 bits per heavy atom. The van der Waals surface area contributed by atoms with E-state index in [1.54, 1.807) is 0 Å². The van der Waals surface area contributed by atoms with Crippen molar-refractivity contribution in [1.82, 2.24) is 0 Å². The summed E-state index contributed by atoms with van der Waals surface area (Å²) >= 11 is 0. The summed E-state index contributed by atoms with van der Waals surface area (Å²) in [5.74, 6) is 4.03. The van der Waals surface area contributed by atoms with E-state index < -0.39 is 8.07 Å². The molecule has 556 valence electrons. The Hall–Kier alpha value is -12.9. The van der Waals surface area contributed by atoms with Gasteiger partial charge in [-0.05, 0) is 191 Å². The molecule has 2 heterocycles. The lowest BCUT2D eigenvalue weighted by Crippen LogP contribution is -2.37. The Morgan fingerprint density at radius 1 is 0.211 bits per heavy atom. The van der Waals surface area contributed by atoms with Crippen molar-refractivity contribution in [2.75, 3.05) is 19.6 Å². The summed E-state index contributed by atoms with van der Waals surface area (Å²) in [5, 5.41) is 1.46. The predicted molar refractivity (Wildman–Crippen MR) is 480 cm³/mol. The maximum absolute atomic E-state index is 7.13. The van der Waals surface area contributed by atoms with Crippen LogP contribution in [0.15, 0.2) is 367 Å². The van der Waals surface area contributed by atoms with Gasteiger partial charge in [-0.1, -0.05) is 280 Å². The molecule has 2 aromatic heterocycles. The van der Waals surface area contributed by atoms with Crippen LogP contribution in [0.2, 0.25) is 19.6 Å². The first-order valence-electron chi connectivity index (χ1n) is 40.1. The molecule has 0 fully saturated rings.